The van der Waals surface area contributed by atoms with E-state index in [4.69, 9.17) is 11.6 Å². The fourth-order valence-corrected chi connectivity index (χ4v) is 3.35. The second kappa shape index (κ2) is 6.41. The third-order valence-corrected chi connectivity index (χ3v) is 4.48. The Kier molecular flexibility index (Phi) is 4.58. The van der Waals surface area contributed by atoms with Crippen LogP contribution in [0.1, 0.15) is 25.1 Å². The van der Waals surface area contributed by atoms with Crippen LogP contribution in [0.4, 0.5) is 0 Å². The van der Waals surface area contributed by atoms with Crippen LogP contribution in [0.3, 0.4) is 0 Å². The van der Waals surface area contributed by atoms with Gasteiger partial charge in [-0.2, -0.15) is 0 Å². The number of rotatable bonds is 5. The molecule has 108 valence electrons. The molecule has 20 heavy (non-hydrogen) atoms. The first-order valence-corrected chi connectivity index (χ1v) is 8.39. The quantitative estimate of drug-likeness (QED) is 0.769. The second-order valence-electron chi connectivity index (χ2n) is 5.21. The van der Waals surface area contributed by atoms with Crippen molar-refractivity contribution in [2.24, 2.45) is 0 Å². The maximum absolute atomic E-state index is 6.02. The van der Waals surface area contributed by atoms with E-state index >= 15 is 0 Å². The minimum Gasteiger partial charge on any atom is -0.312 e. The normalized spacial score (nSPS) is 16.3. The molecule has 0 N–H and O–H groups in total. The first kappa shape index (κ1) is 14.3. The van der Waals surface area contributed by atoms with Crippen LogP contribution in [0.2, 0.25) is 0 Å². The van der Waals surface area contributed by atoms with Crippen molar-refractivity contribution in [3.05, 3.63) is 22.6 Å². The summed E-state index contributed by atoms with van der Waals surface area (Å²) in [6.07, 6.45) is 5.62. The molecule has 0 unspecified atom stereocenters. The van der Waals surface area contributed by atoms with E-state index in [1.54, 1.807) is 0 Å². The molecule has 0 radical (unpaired) electrons. The maximum atomic E-state index is 6.02. The highest BCUT2D eigenvalue weighted by molar-refractivity contribution is 9.10. The van der Waals surface area contributed by atoms with Gasteiger partial charge in [0.15, 0.2) is 5.65 Å². The highest BCUT2D eigenvalue weighted by atomic mass is 79.9. The predicted octanol–water partition coefficient (Wildman–Crippen LogP) is 3.42. The highest BCUT2D eigenvalue weighted by Gasteiger charge is 2.14. The van der Waals surface area contributed by atoms with Crippen LogP contribution in [0.15, 0.2) is 16.7 Å². The van der Waals surface area contributed by atoms with Gasteiger partial charge in [-0.1, -0.05) is 0 Å². The monoisotopic (exact) mass is 356 g/mol. The van der Waals surface area contributed by atoms with Gasteiger partial charge in [-0.3, -0.25) is 0 Å². The van der Waals surface area contributed by atoms with Crippen LogP contribution >= 0.6 is 27.5 Å². The largest absolute Gasteiger partial charge is 0.312 e. The number of imidazole rings is 1. The fraction of sp³-hybridized carbons (Fsp3) is 0.571. The van der Waals surface area contributed by atoms with E-state index in [0.29, 0.717) is 5.88 Å². The fourth-order valence-electron chi connectivity index (χ4n) is 2.83. The number of alkyl halides is 1. The van der Waals surface area contributed by atoms with Gasteiger partial charge >= 0.3 is 0 Å². The van der Waals surface area contributed by atoms with Crippen molar-refractivity contribution in [2.75, 3.05) is 19.6 Å². The Bertz CT molecular complexity index is 592. The third kappa shape index (κ3) is 3.00. The Morgan fingerprint density at radius 2 is 2.05 bits per heavy atom. The summed E-state index contributed by atoms with van der Waals surface area (Å²) in [6, 6.07) is 2.00. The average Bonchev–Trinajstić information content (AvgIpc) is 3.06. The zero-order chi connectivity index (χ0) is 13.9. The van der Waals surface area contributed by atoms with Crippen molar-refractivity contribution in [3.63, 3.8) is 0 Å². The summed E-state index contributed by atoms with van der Waals surface area (Å²) in [7, 11) is 0. The van der Waals surface area contributed by atoms with Crippen LogP contribution in [0.5, 0.6) is 0 Å². The number of nitrogens with zero attached hydrogens (tertiary/aromatic N) is 4. The lowest BCUT2D eigenvalue weighted by atomic mass is 10.3. The molecule has 2 aromatic heterocycles. The number of pyridine rings is 1. The van der Waals surface area contributed by atoms with Crippen LogP contribution in [-0.2, 0) is 12.4 Å². The van der Waals surface area contributed by atoms with E-state index in [-0.39, 0.29) is 0 Å². The van der Waals surface area contributed by atoms with Gasteiger partial charge < -0.3 is 9.47 Å². The third-order valence-electron chi connectivity index (χ3n) is 3.80. The molecule has 0 atom stereocenters. The smallest absolute Gasteiger partial charge is 0.160 e. The van der Waals surface area contributed by atoms with Crippen molar-refractivity contribution in [2.45, 2.75) is 31.7 Å². The summed E-state index contributed by atoms with van der Waals surface area (Å²) >= 11 is 9.45. The summed E-state index contributed by atoms with van der Waals surface area (Å²) < 4.78 is 3.11. The van der Waals surface area contributed by atoms with E-state index < -0.39 is 0 Å². The average molecular weight is 358 g/mol. The lowest BCUT2D eigenvalue weighted by molar-refractivity contribution is 0.325. The van der Waals surface area contributed by atoms with Crippen molar-refractivity contribution in [1.29, 1.82) is 0 Å². The molecule has 0 saturated carbocycles. The summed E-state index contributed by atoms with van der Waals surface area (Å²) in [5, 5.41) is 0. The predicted molar refractivity (Wildman–Crippen MR) is 85.1 cm³/mol. The van der Waals surface area contributed by atoms with E-state index in [9.17, 15) is 0 Å². The second-order valence-corrected chi connectivity index (χ2v) is 6.39. The van der Waals surface area contributed by atoms with Gasteiger partial charge in [-0.05, 0) is 60.9 Å². The van der Waals surface area contributed by atoms with Crippen molar-refractivity contribution in [3.8, 4) is 0 Å². The first-order chi connectivity index (χ1) is 9.78. The molecule has 2 aromatic rings. The van der Waals surface area contributed by atoms with Crippen LogP contribution < -0.4 is 0 Å². The molecule has 0 spiro atoms. The van der Waals surface area contributed by atoms with Crippen molar-refractivity contribution < 1.29 is 0 Å². The molecule has 1 saturated heterocycles. The number of fused-ring (bicyclic) bond motifs is 1. The first-order valence-electron chi connectivity index (χ1n) is 7.07. The lowest BCUT2D eigenvalue weighted by Crippen LogP contribution is -2.21. The van der Waals surface area contributed by atoms with E-state index in [1.807, 2.05) is 12.3 Å². The Balaban J connectivity index is 1.75. The molecule has 4 nitrogen and oxygen atoms in total. The molecule has 1 aliphatic rings. The Morgan fingerprint density at radius 3 is 2.80 bits per heavy atom. The minimum absolute atomic E-state index is 0.428. The van der Waals surface area contributed by atoms with Gasteiger partial charge in [-0.15, -0.1) is 11.6 Å². The molecule has 1 aliphatic heterocycles. The molecule has 0 bridgehead atoms. The molecule has 3 heterocycles. The Hall–Kier alpha value is -0.650. The molecule has 0 amide bonds. The topological polar surface area (TPSA) is 34.0 Å². The standard InChI is InChI=1S/C14H18BrClN4/c15-11-8-12-14(17-10-11)20(13(9-16)18-12)7-3-6-19-4-1-2-5-19/h8,10H,1-7,9H2. The summed E-state index contributed by atoms with van der Waals surface area (Å²) in [4.78, 5) is 11.6. The number of aromatic nitrogens is 3. The van der Waals surface area contributed by atoms with Crippen LogP contribution in [-0.4, -0.2) is 39.1 Å². The maximum Gasteiger partial charge on any atom is 0.160 e. The summed E-state index contributed by atoms with van der Waals surface area (Å²) in [5.41, 5.74) is 1.85. The zero-order valence-electron chi connectivity index (χ0n) is 11.4. The lowest BCUT2D eigenvalue weighted by Gasteiger charge is -2.15. The van der Waals surface area contributed by atoms with Crippen molar-refractivity contribution >= 4 is 38.7 Å². The molecule has 0 aliphatic carbocycles. The van der Waals surface area contributed by atoms with Gasteiger partial charge in [0.05, 0.1) is 5.88 Å². The van der Waals surface area contributed by atoms with Crippen molar-refractivity contribution in [1.82, 2.24) is 19.4 Å². The van der Waals surface area contributed by atoms with Gasteiger partial charge in [0, 0.05) is 17.2 Å². The summed E-state index contributed by atoms with van der Waals surface area (Å²) in [6.45, 7) is 4.58. The number of hydrogen-bond donors (Lipinski definition) is 0. The Labute approximate surface area is 132 Å². The van der Waals surface area contributed by atoms with Gasteiger partial charge in [0.2, 0.25) is 0 Å². The number of halogens is 2. The zero-order valence-corrected chi connectivity index (χ0v) is 13.7. The number of hydrogen-bond acceptors (Lipinski definition) is 3. The van der Waals surface area contributed by atoms with Gasteiger partial charge in [0.1, 0.15) is 11.3 Å². The molecule has 6 heteroatoms. The van der Waals surface area contributed by atoms with Gasteiger partial charge in [-0.25, -0.2) is 9.97 Å². The summed E-state index contributed by atoms with van der Waals surface area (Å²) in [5.74, 6) is 1.34. The van der Waals surface area contributed by atoms with E-state index in [0.717, 1.165) is 41.0 Å². The molecular formula is C14H18BrClN4. The van der Waals surface area contributed by atoms with E-state index in [2.05, 4.69) is 35.4 Å². The molecule has 0 aromatic carbocycles. The Morgan fingerprint density at radius 1 is 1.25 bits per heavy atom. The highest BCUT2D eigenvalue weighted by Crippen LogP contribution is 2.20. The number of likely N-dealkylation sites (tertiary alicyclic amines) is 1. The van der Waals surface area contributed by atoms with E-state index in [1.165, 1.54) is 25.9 Å². The molecular weight excluding hydrogens is 340 g/mol. The molecule has 1 fully saturated rings. The van der Waals surface area contributed by atoms with Gasteiger partial charge in [0.25, 0.3) is 0 Å². The van der Waals surface area contributed by atoms with Crippen LogP contribution in [0, 0.1) is 0 Å². The number of aryl methyl sites for hydroxylation is 1. The minimum atomic E-state index is 0.428. The SMILES string of the molecule is ClCc1nc2cc(Br)cnc2n1CCCN1CCCC1. The molecule has 3 rings (SSSR count). The van der Waals surface area contributed by atoms with Crippen LogP contribution in [0.25, 0.3) is 11.2 Å².